The topological polar surface area (TPSA) is 102 Å². The number of aromatic nitrogens is 2. The molecular weight excluding hydrogens is 286 g/mol. The van der Waals surface area contributed by atoms with Crippen LogP contribution < -0.4 is 10.0 Å². The summed E-state index contributed by atoms with van der Waals surface area (Å²) in [7, 11) is -2.42. The molecule has 0 aromatic carbocycles. The van der Waals surface area contributed by atoms with E-state index in [-0.39, 0.29) is 17.3 Å². The van der Waals surface area contributed by atoms with E-state index in [4.69, 9.17) is 5.73 Å². The minimum atomic E-state index is -3.76. The Balaban J connectivity index is 2.75. The van der Waals surface area contributed by atoms with Crippen LogP contribution in [0.25, 0.3) is 0 Å². The van der Waals surface area contributed by atoms with E-state index in [0.717, 1.165) is 4.31 Å². The highest BCUT2D eigenvalue weighted by molar-refractivity contribution is 9.10. The standard InChI is InChI=1S/C6H6BrN5O2S/c1-12-6-4(10-3(7)2-9-6)5(8)11-15(12,13)14/h2H,1H3,(H2,8,11). The molecule has 9 heteroatoms. The number of nitrogens with two attached hydrogens (primary N) is 1. The van der Waals surface area contributed by atoms with E-state index in [0.29, 0.717) is 4.60 Å². The third kappa shape index (κ3) is 1.57. The third-order valence-corrected chi connectivity index (χ3v) is 3.50. The molecule has 0 fully saturated rings. The van der Waals surface area contributed by atoms with Crippen LogP contribution in [0.3, 0.4) is 0 Å². The number of hydrogen-bond donors (Lipinski definition) is 1. The van der Waals surface area contributed by atoms with Crippen LogP contribution >= 0.6 is 15.9 Å². The van der Waals surface area contributed by atoms with Crippen molar-refractivity contribution in [3.05, 3.63) is 16.5 Å². The Kier molecular flexibility index (Phi) is 2.15. The van der Waals surface area contributed by atoms with Gasteiger partial charge in [-0.1, -0.05) is 0 Å². The number of anilines is 1. The van der Waals surface area contributed by atoms with Crippen molar-refractivity contribution in [3.8, 4) is 0 Å². The predicted octanol–water partition coefficient (Wildman–Crippen LogP) is -0.361. The fraction of sp³-hybridized carbons (Fsp3) is 0.167. The molecule has 0 unspecified atom stereocenters. The lowest BCUT2D eigenvalue weighted by Gasteiger charge is -2.21. The molecule has 1 aliphatic rings. The van der Waals surface area contributed by atoms with Crippen molar-refractivity contribution in [2.45, 2.75) is 0 Å². The summed E-state index contributed by atoms with van der Waals surface area (Å²) < 4.78 is 27.6. The van der Waals surface area contributed by atoms with Gasteiger partial charge < -0.3 is 5.73 Å². The van der Waals surface area contributed by atoms with Crippen molar-refractivity contribution >= 4 is 37.8 Å². The van der Waals surface area contributed by atoms with Gasteiger partial charge in [0.25, 0.3) is 0 Å². The number of amidine groups is 1. The summed E-state index contributed by atoms with van der Waals surface area (Å²) in [6, 6.07) is 0. The fourth-order valence-corrected chi connectivity index (χ4v) is 2.19. The molecule has 2 N–H and O–H groups in total. The molecule has 7 nitrogen and oxygen atoms in total. The zero-order valence-electron chi connectivity index (χ0n) is 7.55. The first kappa shape index (κ1) is 10.3. The molecule has 0 bridgehead atoms. The second-order valence-electron chi connectivity index (χ2n) is 2.79. The van der Waals surface area contributed by atoms with Crippen LogP contribution in [0.4, 0.5) is 5.82 Å². The van der Waals surface area contributed by atoms with Gasteiger partial charge in [0.15, 0.2) is 17.3 Å². The first-order valence-electron chi connectivity index (χ1n) is 3.79. The molecule has 0 saturated heterocycles. The number of halogens is 1. The average Bonchev–Trinajstić information content (AvgIpc) is 2.14. The van der Waals surface area contributed by atoms with Crippen LogP contribution in [0.15, 0.2) is 15.2 Å². The third-order valence-electron chi connectivity index (χ3n) is 1.82. The van der Waals surface area contributed by atoms with Crippen LogP contribution in [-0.2, 0) is 10.2 Å². The minimum Gasteiger partial charge on any atom is -0.381 e. The minimum absolute atomic E-state index is 0.156. The van der Waals surface area contributed by atoms with Gasteiger partial charge in [0, 0.05) is 7.05 Å². The van der Waals surface area contributed by atoms with Gasteiger partial charge in [0.1, 0.15) is 4.60 Å². The van der Waals surface area contributed by atoms with Crippen molar-refractivity contribution < 1.29 is 8.42 Å². The molecule has 1 aromatic rings. The summed E-state index contributed by atoms with van der Waals surface area (Å²) in [4.78, 5) is 7.93. The maximum atomic E-state index is 11.4. The number of nitrogens with zero attached hydrogens (tertiary/aromatic N) is 4. The fourth-order valence-electron chi connectivity index (χ4n) is 1.10. The normalized spacial score (nSPS) is 18.3. The Labute approximate surface area is 94.4 Å². The van der Waals surface area contributed by atoms with Crippen molar-refractivity contribution in [2.75, 3.05) is 11.4 Å². The second-order valence-corrected chi connectivity index (χ2v) is 5.23. The van der Waals surface area contributed by atoms with Gasteiger partial charge in [-0.3, -0.25) is 0 Å². The summed E-state index contributed by atoms with van der Waals surface area (Å²) >= 11 is 3.11. The molecule has 0 amide bonds. The Morgan fingerprint density at radius 1 is 1.53 bits per heavy atom. The molecule has 1 aliphatic heterocycles. The van der Waals surface area contributed by atoms with E-state index in [2.05, 4.69) is 30.3 Å². The largest absolute Gasteiger partial charge is 0.381 e. The molecule has 0 aliphatic carbocycles. The van der Waals surface area contributed by atoms with E-state index in [1.54, 1.807) is 0 Å². The van der Waals surface area contributed by atoms with Gasteiger partial charge in [-0.15, -0.1) is 4.40 Å². The summed E-state index contributed by atoms with van der Waals surface area (Å²) in [6.07, 6.45) is 1.39. The summed E-state index contributed by atoms with van der Waals surface area (Å²) in [5, 5.41) is 0. The highest BCUT2D eigenvalue weighted by atomic mass is 79.9. The van der Waals surface area contributed by atoms with Crippen LogP contribution in [0, 0.1) is 0 Å². The number of fused-ring (bicyclic) bond motifs is 1. The molecule has 0 saturated carbocycles. The molecule has 15 heavy (non-hydrogen) atoms. The molecular formula is C6H6BrN5O2S. The van der Waals surface area contributed by atoms with Gasteiger partial charge in [-0.2, -0.15) is 8.42 Å². The van der Waals surface area contributed by atoms with Gasteiger partial charge in [-0.05, 0) is 15.9 Å². The van der Waals surface area contributed by atoms with Crippen LogP contribution in [-0.4, -0.2) is 31.3 Å². The van der Waals surface area contributed by atoms with E-state index >= 15 is 0 Å². The maximum absolute atomic E-state index is 11.4. The highest BCUT2D eigenvalue weighted by Crippen LogP contribution is 2.24. The molecule has 80 valence electrons. The van der Waals surface area contributed by atoms with E-state index in [1.807, 2.05) is 0 Å². The zero-order chi connectivity index (χ0) is 11.2. The van der Waals surface area contributed by atoms with Gasteiger partial charge in [-0.25, -0.2) is 14.3 Å². The van der Waals surface area contributed by atoms with Crippen molar-refractivity contribution in [2.24, 2.45) is 10.1 Å². The lowest BCUT2D eigenvalue weighted by molar-refractivity contribution is 0.595. The second kappa shape index (κ2) is 3.14. The molecule has 0 radical (unpaired) electrons. The summed E-state index contributed by atoms with van der Waals surface area (Å²) in [6.45, 7) is 0. The lowest BCUT2D eigenvalue weighted by atomic mass is 10.4. The smallest absolute Gasteiger partial charge is 0.347 e. The van der Waals surface area contributed by atoms with Gasteiger partial charge >= 0.3 is 10.2 Å². The van der Waals surface area contributed by atoms with Crippen LogP contribution in [0.5, 0.6) is 0 Å². The van der Waals surface area contributed by atoms with E-state index in [9.17, 15) is 8.42 Å². The van der Waals surface area contributed by atoms with Crippen LogP contribution in [0.1, 0.15) is 5.69 Å². The predicted molar refractivity (Wildman–Crippen MR) is 57.8 cm³/mol. The first-order valence-corrected chi connectivity index (χ1v) is 5.98. The number of rotatable bonds is 0. The van der Waals surface area contributed by atoms with E-state index < -0.39 is 10.2 Å². The number of hydrogen-bond acceptors (Lipinski definition) is 5. The molecule has 0 atom stereocenters. The quantitative estimate of drug-likeness (QED) is 0.703. The Hall–Kier alpha value is -1.22. The Bertz CT molecular complexity index is 555. The molecule has 2 rings (SSSR count). The molecule has 2 heterocycles. The Morgan fingerprint density at radius 2 is 2.20 bits per heavy atom. The lowest BCUT2D eigenvalue weighted by Crippen LogP contribution is -2.35. The van der Waals surface area contributed by atoms with Gasteiger partial charge in [0.05, 0.1) is 6.20 Å². The Morgan fingerprint density at radius 3 is 2.87 bits per heavy atom. The van der Waals surface area contributed by atoms with Crippen molar-refractivity contribution in [3.63, 3.8) is 0 Å². The SMILES string of the molecule is CN1c2ncc(Br)nc2C(N)=NS1(=O)=O. The van der Waals surface area contributed by atoms with Crippen molar-refractivity contribution in [1.29, 1.82) is 0 Å². The zero-order valence-corrected chi connectivity index (χ0v) is 9.95. The molecule has 0 spiro atoms. The first-order chi connectivity index (χ1) is 6.92. The highest BCUT2D eigenvalue weighted by Gasteiger charge is 2.29. The van der Waals surface area contributed by atoms with Gasteiger partial charge in [0.2, 0.25) is 0 Å². The summed E-state index contributed by atoms with van der Waals surface area (Å²) in [5.74, 6) is 0.0163. The van der Waals surface area contributed by atoms with E-state index in [1.165, 1.54) is 13.2 Å². The average molecular weight is 292 g/mol. The summed E-state index contributed by atoms with van der Waals surface area (Å²) in [5.41, 5.74) is 5.73. The van der Waals surface area contributed by atoms with Crippen LogP contribution in [0.2, 0.25) is 0 Å². The maximum Gasteiger partial charge on any atom is 0.347 e. The molecule has 1 aromatic heterocycles. The van der Waals surface area contributed by atoms with Crippen molar-refractivity contribution in [1.82, 2.24) is 9.97 Å². The monoisotopic (exact) mass is 291 g/mol.